The van der Waals surface area contributed by atoms with Crippen LogP contribution in [0.4, 0.5) is 11.4 Å². The molecule has 0 bridgehead atoms. The van der Waals surface area contributed by atoms with Crippen molar-refractivity contribution in [3.63, 3.8) is 0 Å². The summed E-state index contributed by atoms with van der Waals surface area (Å²) in [6.45, 7) is 5.08. The van der Waals surface area contributed by atoms with Gasteiger partial charge in [0.1, 0.15) is 5.75 Å². The fourth-order valence-electron chi connectivity index (χ4n) is 3.72. The van der Waals surface area contributed by atoms with E-state index in [0.717, 1.165) is 24.5 Å². The number of nitrogens with zero attached hydrogens (tertiary/aromatic N) is 4. The van der Waals surface area contributed by atoms with E-state index >= 15 is 0 Å². The van der Waals surface area contributed by atoms with E-state index in [1.165, 1.54) is 0 Å². The average molecular weight is 380 g/mol. The summed E-state index contributed by atoms with van der Waals surface area (Å²) >= 11 is 0. The summed E-state index contributed by atoms with van der Waals surface area (Å²) in [5, 5.41) is 0. The molecule has 0 spiro atoms. The molecule has 0 saturated carbocycles. The maximum atomic E-state index is 12.7. The molecule has 2 aromatic rings. The van der Waals surface area contributed by atoms with Gasteiger partial charge in [-0.1, -0.05) is 12.1 Å². The van der Waals surface area contributed by atoms with Crippen LogP contribution in [0.2, 0.25) is 0 Å². The molecule has 2 aliphatic rings. The van der Waals surface area contributed by atoms with Crippen LogP contribution >= 0.6 is 0 Å². The number of aromatic nitrogens is 1. The van der Waals surface area contributed by atoms with E-state index < -0.39 is 6.10 Å². The van der Waals surface area contributed by atoms with Gasteiger partial charge >= 0.3 is 0 Å². The van der Waals surface area contributed by atoms with E-state index in [1.807, 2.05) is 41.3 Å². The number of carbonyl (C=O) groups excluding carboxylic acids is 2. The Hall–Kier alpha value is -3.09. The van der Waals surface area contributed by atoms with Gasteiger partial charge in [-0.3, -0.25) is 14.6 Å². The summed E-state index contributed by atoms with van der Waals surface area (Å²) in [6, 6.07) is 11.4. The number of anilines is 2. The maximum absolute atomic E-state index is 12.7. The Kier molecular flexibility index (Phi) is 5.14. The largest absolute Gasteiger partial charge is 0.479 e. The highest BCUT2D eigenvalue weighted by Gasteiger charge is 2.32. The van der Waals surface area contributed by atoms with E-state index in [9.17, 15) is 9.59 Å². The second-order valence-electron chi connectivity index (χ2n) is 7.04. The van der Waals surface area contributed by atoms with Gasteiger partial charge in [0.05, 0.1) is 5.69 Å². The highest BCUT2D eigenvalue weighted by atomic mass is 16.5. The van der Waals surface area contributed by atoms with Gasteiger partial charge in [-0.15, -0.1) is 0 Å². The van der Waals surface area contributed by atoms with E-state index in [4.69, 9.17) is 4.74 Å². The van der Waals surface area contributed by atoms with E-state index in [2.05, 4.69) is 9.88 Å². The fraction of sp³-hybridized carbons (Fsp3) is 0.381. The number of ether oxygens (including phenoxy) is 1. The third-order valence-corrected chi connectivity index (χ3v) is 5.28. The first-order valence-corrected chi connectivity index (χ1v) is 9.63. The van der Waals surface area contributed by atoms with Gasteiger partial charge in [-0.25, -0.2) is 0 Å². The molecule has 0 aliphatic carbocycles. The molecule has 1 unspecified atom stereocenters. The zero-order valence-corrected chi connectivity index (χ0v) is 16.0. The predicted molar refractivity (Wildman–Crippen MR) is 107 cm³/mol. The number of hydrogen-bond acceptors (Lipinski definition) is 5. The highest BCUT2D eigenvalue weighted by Crippen LogP contribution is 2.33. The molecule has 1 aromatic heterocycles. The number of fused-ring (bicyclic) bond motifs is 1. The first-order valence-electron chi connectivity index (χ1n) is 9.63. The normalized spacial score (nSPS) is 19.2. The first-order chi connectivity index (χ1) is 13.6. The number of hydrogen-bond donors (Lipinski definition) is 0. The molecule has 1 atom stereocenters. The van der Waals surface area contributed by atoms with Gasteiger partial charge in [0, 0.05) is 57.2 Å². The zero-order valence-electron chi connectivity index (χ0n) is 16.0. The molecular formula is C21H24N4O3. The lowest BCUT2D eigenvalue weighted by Crippen LogP contribution is -2.50. The third kappa shape index (κ3) is 3.65. The van der Waals surface area contributed by atoms with Gasteiger partial charge in [0.15, 0.2) is 6.10 Å². The van der Waals surface area contributed by atoms with Crippen molar-refractivity contribution in [2.75, 3.05) is 42.5 Å². The minimum atomic E-state index is -0.533. The molecule has 3 heterocycles. The van der Waals surface area contributed by atoms with Crippen molar-refractivity contribution < 1.29 is 14.3 Å². The highest BCUT2D eigenvalue weighted by molar-refractivity contribution is 6.00. The van der Waals surface area contributed by atoms with Crippen LogP contribution in [-0.2, 0) is 9.59 Å². The molecule has 146 valence electrons. The van der Waals surface area contributed by atoms with Gasteiger partial charge in [-0.2, -0.15) is 0 Å². The SMILES string of the molecule is CC1Oc2ccccc2N(CCC(=O)N2CCN(c3ccncc3)CC2)C1=O. The smallest absolute Gasteiger partial charge is 0.267 e. The number of pyridine rings is 1. The Bertz CT molecular complexity index is 850. The Morgan fingerprint density at radius 1 is 1.11 bits per heavy atom. The summed E-state index contributed by atoms with van der Waals surface area (Å²) in [7, 11) is 0. The van der Waals surface area contributed by atoms with Gasteiger partial charge in [-0.05, 0) is 31.2 Å². The van der Waals surface area contributed by atoms with Crippen molar-refractivity contribution in [1.82, 2.24) is 9.88 Å². The van der Waals surface area contributed by atoms with E-state index in [1.54, 1.807) is 24.2 Å². The minimum absolute atomic E-state index is 0.0822. The van der Waals surface area contributed by atoms with Crippen LogP contribution in [0.3, 0.4) is 0 Å². The third-order valence-electron chi connectivity index (χ3n) is 5.28. The van der Waals surface area contributed by atoms with Crippen molar-refractivity contribution in [1.29, 1.82) is 0 Å². The van der Waals surface area contributed by atoms with Crippen molar-refractivity contribution in [2.24, 2.45) is 0 Å². The van der Waals surface area contributed by atoms with Crippen molar-refractivity contribution >= 4 is 23.2 Å². The molecular weight excluding hydrogens is 356 g/mol. The monoisotopic (exact) mass is 380 g/mol. The Morgan fingerprint density at radius 2 is 1.82 bits per heavy atom. The number of benzene rings is 1. The molecule has 7 heteroatoms. The summed E-state index contributed by atoms with van der Waals surface area (Å²) in [5.74, 6) is 0.667. The lowest BCUT2D eigenvalue weighted by atomic mass is 10.1. The van der Waals surface area contributed by atoms with Crippen molar-refractivity contribution in [3.05, 3.63) is 48.8 Å². The van der Waals surface area contributed by atoms with Crippen LogP contribution in [0.15, 0.2) is 48.8 Å². The van der Waals surface area contributed by atoms with E-state index in [0.29, 0.717) is 31.8 Å². The summed E-state index contributed by atoms with van der Waals surface area (Å²) < 4.78 is 5.65. The number of piperazine rings is 1. The van der Waals surface area contributed by atoms with Crippen LogP contribution in [-0.4, -0.2) is 60.5 Å². The predicted octanol–water partition coefficient (Wildman–Crippen LogP) is 1.93. The molecule has 1 fully saturated rings. The first kappa shape index (κ1) is 18.3. The van der Waals surface area contributed by atoms with Crippen LogP contribution < -0.4 is 14.5 Å². The van der Waals surface area contributed by atoms with Crippen LogP contribution in [0.25, 0.3) is 0 Å². The standard InChI is InChI=1S/C21H24N4O3/c1-16-21(27)25(18-4-2-3-5-19(18)28-16)11-8-20(26)24-14-12-23(13-15-24)17-6-9-22-10-7-17/h2-7,9-10,16H,8,11-15H2,1H3. The lowest BCUT2D eigenvalue weighted by Gasteiger charge is -2.37. The molecule has 1 aromatic carbocycles. The average Bonchev–Trinajstić information content (AvgIpc) is 2.74. The molecule has 28 heavy (non-hydrogen) atoms. The number of amides is 2. The Morgan fingerprint density at radius 3 is 2.57 bits per heavy atom. The van der Waals surface area contributed by atoms with Crippen molar-refractivity contribution in [3.8, 4) is 5.75 Å². The van der Waals surface area contributed by atoms with E-state index in [-0.39, 0.29) is 11.8 Å². The lowest BCUT2D eigenvalue weighted by molar-refractivity contribution is -0.131. The second-order valence-corrected chi connectivity index (χ2v) is 7.04. The molecule has 2 aliphatic heterocycles. The number of para-hydroxylation sites is 2. The quantitative estimate of drug-likeness (QED) is 0.811. The number of rotatable bonds is 4. The van der Waals surface area contributed by atoms with Crippen LogP contribution in [0.5, 0.6) is 5.75 Å². The molecule has 2 amide bonds. The molecule has 1 saturated heterocycles. The van der Waals surface area contributed by atoms with Crippen LogP contribution in [0, 0.1) is 0 Å². The van der Waals surface area contributed by atoms with Gasteiger partial charge in [0.25, 0.3) is 5.91 Å². The summed E-state index contributed by atoms with van der Waals surface area (Å²) in [6.07, 6.45) is 3.34. The Balaban J connectivity index is 1.34. The number of carbonyl (C=O) groups is 2. The summed E-state index contributed by atoms with van der Waals surface area (Å²) in [4.78, 5) is 35.1. The molecule has 0 N–H and O–H groups in total. The second kappa shape index (κ2) is 7.88. The Labute approximate surface area is 164 Å². The van der Waals surface area contributed by atoms with Crippen LogP contribution in [0.1, 0.15) is 13.3 Å². The molecule has 4 rings (SSSR count). The molecule has 0 radical (unpaired) electrons. The topological polar surface area (TPSA) is 66.0 Å². The fourth-order valence-corrected chi connectivity index (χ4v) is 3.72. The van der Waals surface area contributed by atoms with Gasteiger partial charge < -0.3 is 19.4 Å². The molecule has 7 nitrogen and oxygen atoms in total. The van der Waals surface area contributed by atoms with Gasteiger partial charge in [0.2, 0.25) is 5.91 Å². The van der Waals surface area contributed by atoms with Crippen molar-refractivity contribution in [2.45, 2.75) is 19.4 Å². The minimum Gasteiger partial charge on any atom is -0.479 e. The zero-order chi connectivity index (χ0) is 19.5. The summed E-state index contributed by atoms with van der Waals surface area (Å²) in [5.41, 5.74) is 1.87. The maximum Gasteiger partial charge on any atom is 0.267 e.